The summed E-state index contributed by atoms with van der Waals surface area (Å²) >= 11 is 0. The Bertz CT molecular complexity index is 594. The summed E-state index contributed by atoms with van der Waals surface area (Å²) in [5.41, 5.74) is 4.77. The van der Waals surface area contributed by atoms with E-state index in [1.165, 1.54) is 4.90 Å². The van der Waals surface area contributed by atoms with Crippen LogP contribution in [0.15, 0.2) is 0 Å². The molecule has 0 heterocycles. The lowest BCUT2D eigenvalue weighted by molar-refractivity contribution is -0.00598. The predicted octanol–water partition coefficient (Wildman–Crippen LogP) is 4.57. The molecule has 32 heavy (non-hydrogen) atoms. The highest BCUT2D eigenvalue weighted by Gasteiger charge is 2.33. The highest BCUT2D eigenvalue weighted by Crippen LogP contribution is 2.25. The van der Waals surface area contributed by atoms with Crippen molar-refractivity contribution >= 4 is 21.2 Å². The van der Waals surface area contributed by atoms with Gasteiger partial charge in [0.05, 0.1) is 12.3 Å². The summed E-state index contributed by atoms with van der Waals surface area (Å²) in [5, 5.41) is 0. The molecule has 0 aliphatic rings. The molecular weight excluding hydrogens is 426 g/mol. The maximum Gasteiger partial charge on any atom is 0.411 e. The van der Waals surface area contributed by atoms with Crippen molar-refractivity contribution in [2.45, 2.75) is 112 Å². The number of ether oxygens (including phenoxy) is 2. The van der Waals surface area contributed by atoms with Crippen LogP contribution in [0.3, 0.4) is 0 Å². The van der Waals surface area contributed by atoms with Gasteiger partial charge in [-0.2, -0.15) is 0 Å². The minimum atomic E-state index is -1.35. The third kappa shape index (κ3) is 12.6. The molecule has 1 unspecified atom stereocenters. The Kier molecular flexibility index (Phi) is 11.7. The molecule has 0 bridgehead atoms. The van der Waals surface area contributed by atoms with Crippen molar-refractivity contribution in [2.24, 2.45) is 11.1 Å². The molecule has 8 nitrogen and oxygen atoms in total. The van der Waals surface area contributed by atoms with Crippen LogP contribution in [0.25, 0.3) is 0 Å². The van der Waals surface area contributed by atoms with Crippen molar-refractivity contribution in [3.63, 3.8) is 0 Å². The summed E-state index contributed by atoms with van der Waals surface area (Å²) < 4.78 is 17.5. The van der Waals surface area contributed by atoms with E-state index in [0.717, 1.165) is 0 Å². The first-order valence-corrected chi connectivity index (χ1v) is 14.4. The lowest BCUT2D eigenvalue weighted by Crippen LogP contribution is -2.53. The lowest BCUT2D eigenvalue weighted by Gasteiger charge is -2.38. The van der Waals surface area contributed by atoms with Crippen molar-refractivity contribution in [1.29, 1.82) is 0 Å². The third-order valence-electron chi connectivity index (χ3n) is 4.50. The first-order chi connectivity index (χ1) is 14.3. The summed E-state index contributed by atoms with van der Waals surface area (Å²) in [4.78, 5) is 28.9. The van der Waals surface area contributed by atoms with E-state index in [-0.39, 0.29) is 24.6 Å². The summed E-state index contributed by atoms with van der Waals surface area (Å²) in [7, 11) is -1.35. The van der Waals surface area contributed by atoms with Gasteiger partial charge < -0.3 is 24.5 Å². The number of rotatable bonds is 9. The fourth-order valence-electron chi connectivity index (χ4n) is 2.80. The minimum Gasteiger partial charge on any atom is -0.444 e. The van der Waals surface area contributed by atoms with Crippen LogP contribution < -0.4 is 5.73 Å². The van der Waals surface area contributed by atoms with E-state index in [2.05, 4.69) is 33.9 Å². The monoisotopic (exact) mass is 475 g/mol. The Morgan fingerprint density at radius 2 is 1.34 bits per heavy atom. The Balaban J connectivity index is 5.73. The molecule has 0 aliphatic carbocycles. The van der Waals surface area contributed by atoms with Crippen LogP contribution in [-0.2, 0) is 13.9 Å². The van der Waals surface area contributed by atoms with Crippen molar-refractivity contribution in [3.8, 4) is 0 Å². The molecular formula is C23H49N3O5Si. The van der Waals surface area contributed by atoms with Crippen LogP contribution in [0, 0.1) is 5.41 Å². The number of nitrogens with two attached hydrogens (primary N) is 1. The highest BCUT2D eigenvalue weighted by atomic mass is 28.3. The summed E-state index contributed by atoms with van der Waals surface area (Å²) in [6, 6.07) is 0. The maximum absolute atomic E-state index is 13.1. The topological polar surface area (TPSA) is 94.3 Å². The Labute approximate surface area is 197 Å². The van der Waals surface area contributed by atoms with Crippen LogP contribution in [0.4, 0.5) is 9.59 Å². The van der Waals surface area contributed by atoms with Crippen LogP contribution in [0.2, 0.25) is 13.1 Å². The fourth-order valence-corrected chi connectivity index (χ4v) is 3.95. The number of amides is 2. The normalized spacial score (nSPS) is 14.7. The Hall–Kier alpha value is -1.32. The van der Waals surface area contributed by atoms with E-state index in [1.54, 1.807) is 4.90 Å². The Morgan fingerprint density at radius 1 is 0.875 bits per heavy atom. The van der Waals surface area contributed by atoms with E-state index in [0.29, 0.717) is 13.0 Å². The lowest BCUT2D eigenvalue weighted by atomic mass is 9.89. The molecule has 0 aliphatic heterocycles. The zero-order chi connectivity index (χ0) is 25.5. The predicted molar refractivity (Wildman–Crippen MR) is 132 cm³/mol. The molecule has 0 aromatic heterocycles. The molecule has 0 saturated carbocycles. The molecule has 0 rings (SSSR count). The van der Waals surface area contributed by atoms with Gasteiger partial charge in [-0.15, -0.1) is 0 Å². The van der Waals surface area contributed by atoms with E-state index in [1.807, 2.05) is 48.5 Å². The molecule has 0 aromatic rings. The summed E-state index contributed by atoms with van der Waals surface area (Å²) in [6.07, 6.45) is -1.03. The van der Waals surface area contributed by atoms with Crippen LogP contribution in [-0.4, -0.2) is 74.1 Å². The van der Waals surface area contributed by atoms with Gasteiger partial charge in [0, 0.05) is 19.6 Å². The van der Waals surface area contributed by atoms with E-state index < -0.39 is 38.6 Å². The van der Waals surface area contributed by atoms with Gasteiger partial charge in [0.25, 0.3) is 0 Å². The molecule has 2 amide bonds. The average molecular weight is 476 g/mol. The van der Waals surface area contributed by atoms with Gasteiger partial charge in [0.1, 0.15) is 11.2 Å². The number of hydrogen-bond donors (Lipinski definition) is 1. The molecule has 0 fully saturated rings. The van der Waals surface area contributed by atoms with Gasteiger partial charge >= 0.3 is 12.2 Å². The van der Waals surface area contributed by atoms with E-state index in [4.69, 9.17) is 19.6 Å². The molecule has 0 radical (unpaired) electrons. The Morgan fingerprint density at radius 3 is 1.72 bits per heavy atom. The molecule has 190 valence electrons. The second-order valence-corrected chi connectivity index (χ2v) is 14.0. The number of hydrogen-bond acceptors (Lipinski definition) is 6. The zero-order valence-corrected chi connectivity index (χ0v) is 23.7. The third-order valence-corrected chi connectivity index (χ3v) is 5.37. The van der Waals surface area contributed by atoms with Gasteiger partial charge in [-0.05, 0) is 66.5 Å². The summed E-state index contributed by atoms with van der Waals surface area (Å²) in [6.45, 7) is 24.2. The van der Waals surface area contributed by atoms with Gasteiger partial charge in [0.2, 0.25) is 0 Å². The molecule has 9 heteroatoms. The van der Waals surface area contributed by atoms with E-state index >= 15 is 0 Å². The number of carbonyl (C=O) groups is 2. The molecule has 0 saturated heterocycles. The first-order valence-electron chi connectivity index (χ1n) is 11.7. The second kappa shape index (κ2) is 12.2. The van der Waals surface area contributed by atoms with Gasteiger partial charge in [-0.3, -0.25) is 4.90 Å². The van der Waals surface area contributed by atoms with Crippen LogP contribution >= 0.6 is 0 Å². The smallest absolute Gasteiger partial charge is 0.411 e. The fraction of sp³-hybridized carbons (Fsp3) is 0.913. The first kappa shape index (κ1) is 30.7. The standard InChI is InChI=1S/C23H49N3O5Si/c1-13-18(24)26(20(28)30-23(8,9)10)15-14-25(19(27)29-22(5,6)7)16-17(21(2,3)4)31-32(11)12/h17-18,32H,13-16,24H2,1-12H3/t17?,18-/m1/s1. The second-order valence-electron chi connectivity index (χ2n) is 11.6. The maximum atomic E-state index is 13.1. The quantitative estimate of drug-likeness (QED) is 0.388. The van der Waals surface area contributed by atoms with Crippen LogP contribution in [0.5, 0.6) is 0 Å². The van der Waals surface area contributed by atoms with Gasteiger partial charge in [0.15, 0.2) is 9.04 Å². The van der Waals surface area contributed by atoms with Crippen molar-refractivity contribution in [2.75, 3.05) is 19.6 Å². The zero-order valence-electron chi connectivity index (χ0n) is 22.6. The minimum absolute atomic E-state index is 0.156. The molecule has 0 aromatic carbocycles. The molecule has 0 spiro atoms. The van der Waals surface area contributed by atoms with Gasteiger partial charge in [-0.25, -0.2) is 9.59 Å². The number of carbonyl (C=O) groups excluding carboxylic acids is 2. The molecule has 2 N–H and O–H groups in total. The molecule has 2 atom stereocenters. The average Bonchev–Trinajstić information content (AvgIpc) is 2.55. The van der Waals surface area contributed by atoms with Crippen molar-refractivity contribution < 1.29 is 23.5 Å². The number of nitrogens with zero attached hydrogens (tertiary/aromatic N) is 2. The van der Waals surface area contributed by atoms with Crippen molar-refractivity contribution in [3.05, 3.63) is 0 Å². The van der Waals surface area contributed by atoms with E-state index in [9.17, 15) is 9.59 Å². The van der Waals surface area contributed by atoms with Crippen molar-refractivity contribution in [1.82, 2.24) is 9.80 Å². The SMILES string of the molecule is CC[C@H](N)N(CCN(CC(O[SiH](C)C)C(C)(C)C)C(=O)OC(C)(C)C)C(=O)OC(C)(C)C. The largest absolute Gasteiger partial charge is 0.444 e. The van der Waals surface area contributed by atoms with Gasteiger partial charge in [-0.1, -0.05) is 27.7 Å². The summed E-state index contributed by atoms with van der Waals surface area (Å²) in [5.74, 6) is 0. The highest BCUT2D eigenvalue weighted by molar-refractivity contribution is 6.48. The van der Waals surface area contributed by atoms with Crippen LogP contribution in [0.1, 0.15) is 75.7 Å².